The Labute approximate surface area is 129 Å². The van der Waals surface area contributed by atoms with Crippen molar-refractivity contribution in [1.82, 2.24) is 5.32 Å². The molecule has 2 rings (SSSR count). The summed E-state index contributed by atoms with van der Waals surface area (Å²) in [4.78, 5) is 21.8. The molecule has 0 spiro atoms. The lowest BCUT2D eigenvalue weighted by Gasteiger charge is -2.12. The average Bonchev–Trinajstić information content (AvgIpc) is 2.54. The maximum absolute atomic E-state index is 11.7. The van der Waals surface area contributed by atoms with Gasteiger partial charge in [-0.3, -0.25) is 14.9 Å². The van der Waals surface area contributed by atoms with Crippen LogP contribution in [0.25, 0.3) is 6.08 Å². The number of nitro benzene ring substituents is 1. The quantitative estimate of drug-likeness (QED) is 0.377. The smallest absolute Gasteiger partial charge is 0.269 e. The van der Waals surface area contributed by atoms with E-state index in [1.165, 1.54) is 36.6 Å². The summed E-state index contributed by atoms with van der Waals surface area (Å²) in [7, 11) is 0. The molecule has 0 aromatic heterocycles. The van der Waals surface area contributed by atoms with E-state index in [2.05, 4.69) is 11.4 Å². The van der Waals surface area contributed by atoms with Crippen LogP contribution in [0.15, 0.2) is 42.0 Å². The van der Waals surface area contributed by atoms with Crippen LogP contribution >= 0.6 is 0 Å². The maximum atomic E-state index is 11.7. The van der Waals surface area contributed by atoms with Gasteiger partial charge in [0.25, 0.3) is 5.69 Å². The van der Waals surface area contributed by atoms with E-state index in [0.717, 1.165) is 24.8 Å². The molecule has 5 heteroatoms. The predicted molar refractivity (Wildman–Crippen MR) is 86.3 cm³/mol. The third-order valence-corrected chi connectivity index (χ3v) is 3.66. The first-order valence-corrected chi connectivity index (χ1v) is 7.53. The number of hydrogen-bond acceptors (Lipinski definition) is 3. The van der Waals surface area contributed by atoms with Gasteiger partial charge in [-0.1, -0.05) is 11.6 Å². The molecule has 1 aromatic carbocycles. The van der Waals surface area contributed by atoms with Crippen LogP contribution < -0.4 is 5.32 Å². The number of allylic oxidation sites excluding steroid dienone is 1. The second kappa shape index (κ2) is 8.12. The largest absolute Gasteiger partial charge is 0.352 e. The molecule has 0 saturated heterocycles. The number of nitro groups is 1. The first-order chi connectivity index (χ1) is 10.6. The molecule has 1 aromatic rings. The number of rotatable bonds is 6. The van der Waals surface area contributed by atoms with Gasteiger partial charge < -0.3 is 5.32 Å². The molecule has 0 atom stereocenters. The van der Waals surface area contributed by atoms with Crippen molar-refractivity contribution >= 4 is 17.7 Å². The fourth-order valence-electron chi connectivity index (χ4n) is 2.42. The molecular weight excluding hydrogens is 280 g/mol. The lowest BCUT2D eigenvalue weighted by atomic mass is 9.97. The zero-order chi connectivity index (χ0) is 15.8. The molecule has 0 saturated carbocycles. The van der Waals surface area contributed by atoms with Crippen molar-refractivity contribution in [2.75, 3.05) is 6.54 Å². The van der Waals surface area contributed by atoms with Gasteiger partial charge in [0.05, 0.1) is 4.92 Å². The average molecular weight is 300 g/mol. The van der Waals surface area contributed by atoms with E-state index in [4.69, 9.17) is 0 Å². The van der Waals surface area contributed by atoms with Gasteiger partial charge in [0.15, 0.2) is 0 Å². The number of benzene rings is 1. The topological polar surface area (TPSA) is 72.2 Å². The number of carbonyl (C=O) groups is 1. The lowest BCUT2D eigenvalue weighted by Crippen LogP contribution is -2.22. The fourth-order valence-corrected chi connectivity index (χ4v) is 2.42. The van der Waals surface area contributed by atoms with Crippen LogP contribution in [0.3, 0.4) is 0 Å². The molecular formula is C17H20N2O3. The fraction of sp³-hybridized carbons (Fsp3) is 0.353. The van der Waals surface area contributed by atoms with Gasteiger partial charge in [0, 0.05) is 24.8 Å². The van der Waals surface area contributed by atoms with Gasteiger partial charge in [-0.25, -0.2) is 0 Å². The van der Waals surface area contributed by atoms with E-state index in [1.807, 2.05) is 0 Å². The highest BCUT2D eigenvalue weighted by molar-refractivity contribution is 5.91. The number of amides is 1. The number of non-ortho nitro benzene ring substituents is 1. The lowest BCUT2D eigenvalue weighted by molar-refractivity contribution is -0.384. The second-order valence-electron chi connectivity index (χ2n) is 5.33. The van der Waals surface area contributed by atoms with Crippen LogP contribution in [0.4, 0.5) is 5.69 Å². The van der Waals surface area contributed by atoms with Crippen molar-refractivity contribution in [3.8, 4) is 0 Å². The summed E-state index contributed by atoms with van der Waals surface area (Å²) in [6.07, 6.45) is 11.1. The van der Waals surface area contributed by atoms with E-state index >= 15 is 0 Å². The standard InChI is InChI=1S/C17H20N2O3/c20-17(18-13-12-14-4-2-1-3-5-14)11-8-15-6-9-16(10-7-15)19(21)22/h4,6-11H,1-3,5,12-13H2,(H,18,20). The highest BCUT2D eigenvalue weighted by Gasteiger charge is 2.04. The summed E-state index contributed by atoms with van der Waals surface area (Å²) in [5.74, 6) is -0.144. The van der Waals surface area contributed by atoms with E-state index in [-0.39, 0.29) is 11.6 Å². The van der Waals surface area contributed by atoms with Crippen LogP contribution in [0, 0.1) is 10.1 Å². The molecule has 1 aliphatic rings. The third kappa shape index (κ3) is 5.16. The van der Waals surface area contributed by atoms with Crippen molar-refractivity contribution in [3.05, 3.63) is 57.7 Å². The van der Waals surface area contributed by atoms with E-state index in [1.54, 1.807) is 18.2 Å². The third-order valence-electron chi connectivity index (χ3n) is 3.66. The number of nitrogens with zero attached hydrogens (tertiary/aromatic N) is 1. The summed E-state index contributed by atoms with van der Waals surface area (Å²) >= 11 is 0. The second-order valence-corrected chi connectivity index (χ2v) is 5.33. The number of nitrogens with one attached hydrogen (secondary N) is 1. The number of hydrogen-bond donors (Lipinski definition) is 1. The molecule has 0 unspecified atom stereocenters. The summed E-state index contributed by atoms with van der Waals surface area (Å²) in [5, 5.41) is 13.4. The van der Waals surface area contributed by atoms with Gasteiger partial charge in [0.1, 0.15) is 0 Å². The molecule has 0 heterocycles. The molecule has 1 N–H and O–H groups in total. The Kier molecular flexibility index (Phi) is 5.89. The minimum absolute atomic E-state index is 0.0439. The van der Waals surface area contributed by atoms with E-state index in [9.17, 15) is 14.9 Å². The Morgan fingerprint density at radius 2 is 2.05 bits per heavy atom. The SMILES string of the molecule is O=C(C=Cc1ccc([N+](=O)[O-])cc1)NCCC1=CCCCC1. The van der Waals surface area contributed by atoms with Crippen molar-refractivity contribution in [2.45, 2.75) is 32.1 Å². The monoisotopic (exact) mass is 300 g/mol. The first-order valence-electron chi connectivity index (χ1n) is 7.53. The van der Waals surface area contributed by atoms with E-state index < -0.39 is 4.92 Å². The first kappa shape index (κ1) is 15.9. The van der Waals surface area contributed by atoms with Gasteiger partial charge in [0.2, 0.25) is 5.91 Å². The Morgan fingerprint density at radius 3 is 2.68 bits per heavy atom. The predicted octanol–water partition coefficient (Wildman–Crippen LogP) is 3.61. The van der Waals surface area contributed by atoms with Gasteiger partial charge in [-0.05, 0) is 55.9 Å². The van der Waals surface area contributed by atoms with Crippen molar-refractivity contribution < 1.29 is 9.72 Å². The minimum atomic E-state index is -0.444. The van der Waals surface area contributed by atoms with Crippen LogP contribution in [0.1, 0.15) is 37.7 Å². The van der Waals surface area contributed by atoms with Gasteiger partial charge >= 0.3 is 0 Å². The summed E-state index contributed by atoms with van der Waals surface area (Å²) in [6, 6.07) is 6.09. The molecule has 116 valence electrons. The highest BCUT2D eigenvalue weighted by atomic mass is 16.6. The Balaban J connectivity index is 1.76. The molecule has 1 amide bonds. The van der Waals surface area contributed by atoms with Gasteiger partial charge in [-0.2, -0.15) is 0 Å². The van der Waals surface area contributed by atoms with Gasteiger partial charge in [-0.15, -0.1) is 0 Å². The Bertz CT molecular complexity index is 588. The summed E-state index contributed by atoms with van der Waals surface area (Å²) in [5.41, 5.74) is 2.24. The zero-order valence-electron chi connectivity index (χ0n) is 12.5. The van der Waals surface area contributed by atoms with Crippen LogP contribution in [-0.4, -0.2) is 17.4 Å². The molecule has 1 aliphatic carbocycles. The summed E-state index contributed by atoms with van der Waals surface area (Å²) < 4.78 is 0. The maximum Gasteiger partial charge on any atom is 0.269 e. The normalized spacial score (nSPS) is 14.6. The van der Waals surface area contributed by atoms with Crippen molar-refractivity contribution in [1.29, 1.82) is 0 Å². The Hall–Kier alpha value is -2.43. The van der Waals surface area contributed by atoms with Crippen molar-refractivity contribution in [2.24, 2.45) is 0 Å². The highest BCUT2D eigenvalue weighted by Crippen LogP contribution is 2.19. The van der Waals surface area contributed by atoms with Crippen LogP contribution in [0.2, 0.25) is 0 Å². The zero-order valence-corrected chi connectivity index (χ0v) is 12.5. The van der Waals surface area contributed by atoms with Crippen LogP contribution in [-0.2, 0) is 4.79 Å². The molecule has 0 radical (unpaired) electrons. The molecule has 0 aliphatic heterocycles. The summed E-state index contributed by atoms with van der Waals surface area (Å²) in [6.45, 7) is 0.648. The number of carbonyl (C=O) groups excluding carboxylic acids is 1. The molecule has 5 nitrogen and oxygen atoms in total. The molecule has 0 bridgehead atoms. The van der Waals surface area contributed by atoms with Crippen LogP contribution in [0.5, 0.6) is 0 Å². The van der Waals surface area contributed by atoms with Crippen molar-refractivity contribution in [3.63, 3.8) is 0 Å². The Morgan fingerprint density at radius 1 is 1.27 bits per heavy atom. The molecule has 22 heavy (non-hydrogen) atoms. The molecule has 0 fully saturated rings. The van der Waals surface area contributed by atoms with E-state index in [0.29, 0.717) is 6.54 Å². The minimum Gasteiger partial charge on any atom is -0.352 e.